The van der Waals surface area contributed by atoms with Gasteiger partial charge in [-0.2, -0.15) is 0 Å². The number of benzene rings is 1. The lowest BCUT2D eigenvalue weighted by atomic mass is 10.1. The van der Waals surface area contributed by atoms with Crippen molar-refractivity contribution < 1.29 is 9.53 Å². The largest absolute Gasteiger partial charge is 0.444 e. The molecule has 154 valence electrons. The molecule has 0 spiro atoms. The maximum absolute atomic E-state index is 12.0. The summed E-state index contributed by atoms with van der Waals surface area (Å²) in [5, 5.41) is 6.63. The second kappa shape index (κ2) is 10.7. The second-order valence-corrected chi connectivity index (χ2v) is 8.45. The summed E-state index contributed by atoms with van der Waals surface area (Å²) in [7, 11) is 3.50. The van der Waals surface area contributed by atoms with Crippen molar-refractivity contribution in [2.24, 2.45) is 4.99 Å². The fourth-order valence-corrected chi connectivity index (χ4v) is 2.16. The highest BCUT2D eigenvalue weighted by molar-refractivity contribution is 14.0. The van der Waals surface area contributed by atoms with Gasteiger partial charge in [-0.15, -0.1) is 24.0 Å². The van der Waals surface area contributed by atoms with Crippen molar-refractivity contribution in [2.45, 2.75) is 65.8 Å². The Kier molecular flexibility index (Phi) is 10.1. The van der Waals surface area contributed by atoms with Crippen LogP contribution < -0.4 is 10.6 Å². The Labute approximate surface area is 181 Å². The number of carbonyl (C=O) groups excluding carboxylic acids is 1. The summed E-state index contributed by atoms with van der Waals surface area (Å²) in [5.74, 6) is 0.770. The summed E-state index contributed by atoms with van der Waals surface area (Å²) in [6.07, 6.45) is -0.319. The highest BCUT2D eigenvalue weighted by Crippen LogP contribution is 2.12. The molecule has 0 aliphatic heterocycles. The molecule has 0 aliphatic carbocycles. The van der Waals surface area contributed by atoms with Crippen LogP contribution in [0.3, 0.4) is 0 Å². The number of carbonyl (C=O) groups is 1. The predicted molar refractivity (Wildman–Crippen MR) is 123 cm³/mol. The number of nitrogens with zero attached hydrogens (tertiary/aromatic N) is 2. The molecule has 7 heteroatoms. The zero-order chi connectivity index (χ0) is 20.0. The summed E-state index contributed by atoms with van der Waals surface area (Å²) >= 11 is 0. The smallest absolute Gasteiger partial charge is 0.410 e. The van der Waals surface area contributed by atoms with Gasteiger partial charge in [0.1, 0.15) is 5.60 Å². The topological polar surface area (TPSA) is 66.0 Å². The van der Waals surface area contributed by atoms with E-state index in [1.807, 2.05) is 32.9 Å². The van der Waals surface area contributed by atoms with Crippen LogP contribution in [0, 0.1) is 0 Å². The molecule has 1 rings (SSSR count). The second-order valence-electron chi connectivity index (χ2n) is 8.45. The monoisotopic (exact) mass is 490 g/mol. The number of hydrogen-bond donors (Lipinski definition) is 2. The van der Waals surface area contributed by atoms with E-state index in [-0.39, 0.29) is 35.6 Å². The van der Waals surface area contributed by atoms with E-state index in [9.17, 15) is 4.79 Å². The minimum atomic E-state index is -0.486. The summed E-state index contributed by atoms with van der Waals surface area (Å²) in [6.45, 7) is 13.1. The van der Waals surface area contributed by atoms with Crippen LogP contribution in [0.25, 0.3) is 0 Å². The highest BCUT2D eigenvalue weighted by atomic mass is 127. The first-order valence-corrected chi connectivity index (χ1v) is 8.90. The van der Waals surface area contributed by atoms with Crippen LogP contribution in [0.15, 0.2) is 29.3 Å². The predicted octanol–water partition coefficient (Wildman–Crippen LogP) is 4.14. The number of nitrogens with one attached hydrogen (secondary N) is 2. The van der Waals surface area contributed by atoms with Crippen molar-refractivity contribution in [3.05, 3.63) is 35.4 Å². The number of amides is 1. The first kappa shape index (κ1) is 25.5. The van der Waals surface area contributed by atoms with Gasteiger partial charge in [0.25, 0.3) is 0 Å². The quantitative estimate of drug-likeness (QED) is 0.379. The number of ether oxygens (including phenoxy) is 1. The van der Waals surface area contributed by atoms with Crippen molar-refractivity contribution in [3.8, 4) is 0 Å². The lowest BCUT2D eigenvalue weighted by Crippen LogP contribution is -2.47. The first-order chi connectivity index (χ1) is 11.9. The van der Waals surface area contributed by atoms with E-state index in [0.717, 1.165) is 17.1 Å². The van der Waals surface area contributed by atoms with Gasteiger partial charge in [-0.1, -0.05) is 24.3 Å². The summed E-state index contributed by atoms with van der Waals surface area (Å²) in [4.78, 5) is 17.8. The molecule has 2 N–H and O–H groups in total. The zero-order valence-corrected chi connectivity index (χ0v) is 20.2. The molecule has 1 aromatic carbocycles. The van der Waals surface area contributed by atoms with Gasteiger partial charge < -0.3 is 20.3 Å². The van der Waals surface area contributed by atoms with Gasteiger partial charge in [0.15, 0.2) is 5.96 Å². The molecule has 1 aromatic rings. The highest BCUT2D eigenvalue weighted by Gasteiger charge is 2.19. The van der Waals surface area contributed by atoms with Gasteiger partial charge in [0, 0.05) is 32.7 Å². The van der Waals surface area contributed by atoms with Crippen LogP contribution in [0.2, 0.25) is 0 Å². The van der Waals surface area contributed by atoms with E-state index in [0.29, 0.717) is 13.1 Å². The molecule has 0 saturated heterocycles. The molecule has 0 bridgehead atoms. The Bertz CT molecular complexity index is 616. The third-order valence-corrected chi connectivity index (χ3v) is 3.32. The number of guanidine groups is 1. The molecule has 0 atom stereocenters. The minimum Gasteiger partial charge on any atom is -0.444 e. The van der Waals surface area contributed by atoms with Crippen LogP contribution in [0.4, 0.5) is 4.79 Å². The molecule has 0 aliphatic rings. The average Bonchev–Trinajstić information content (AvgIpc) is 2.50. The Balaban J connectivity index is 0.00000676. The van der Waals surface area contributed by atoms with Crippen LogP contribution in [-0.2, 0) is 17.8 Å². The Hall–Kier alpha value is -1.51. The summed E-state index contributed by atoms with van der Waals surface area (Å²) in [6, 6.07) is 8.15. The van der Waals surface area contributed by atoms with Crippen molar-refractivity contribution in [1.82, 2.24) is 15.5 Å². The minimum absolute atomic E-state index is 0. The van der Waals surface area contributed by atoms with Crippen LogP contribution >= 0.6 is 24.0 Å². The third kappa shape index (κ3) is 11.0. The van der Waals surface area contributed by atoms with Crippen molar-refractivity contribution in [3.63, 3.8) is 0 Å². The van der Waals surface area contributed by atoms with Gasteiger partial charge in [0.05, 0.1) is 0 Å². The molecule has 0 heterocycles. The van der Waals surface area contributed by atoms with Gasteiger partial charge >= 0.3 is 6.09 Å². The molecule has 1 amide bonds. The molecular formula is C20H35IN4O2. The van der Waals surface area contributed by atoms with Crippen molar-refractivity contribution in [1.29, 1.82) is 0 Å². The van der Waals surface area contributed by atoms with E-state index < -0.39 is 5.60 Å². The van der Waals surface area contributed by atoms with Crippen LogP contribution in [0.5, 0.6) is 0 Å². The molecule has 6 nitrogen and oxygen atoms in total. The molecule has 0 saturated carbocycles. The van der Waals surface area contributed by atoms with Gasteiger partial charge in [-0.3, -0.25) is 4.99 Å². The fourth-order valence-electron chi connectivity index (χ4n) is 2.16. The van der Waals surface area contributed by atoms with Crippen LogP contribution in [-0.4, -0.2) is 42.2 Å². The summed E-state index contributed by atoms with van der Waals surface area (Å²) in [5.41, 5.74) is 1.67. The number of halogens is 1. The fraction of sp³-hybridized carbons (Fsp3) is 0.600. The molecule has 0 radical (unpaired) electrons. The standard InChI is InChI=1S/C20H34N4O2.HI/c1-19(2,3)23-17(21-7)22-13-15-9-11-16(12-10-15)14-24(8)18(25)26-20(4,5)6;/h9-12H,13-14H2,1-8H3,(H2,21,22,23);1H. The number of aliphatic imine (C=N–C) groups is 1. The van der Waals surface area contributed by atoms with E-state index in [4.69, 9.17) is 4.74 Å². The van der Waals surface area contributed by atoms with Crippen molar-refractivity contribution >= 4 is 36.0 Å². The Morgan fingerprint density at radius 2 is 1.59 bits per heavy atom. The first-order valence-electron chi connectivity index (χ1n) is 8.90. The molecule has 27 heavy (non-hydrogen) atoms. The number of hydrogen-bond acceptors (Lipinski definition) is 3. The molecule has 0 fully saturated rings. The SMILES string of the molecule is CN=C(NCc1ccc(CN(C)C(=O)OC(C)(C)C)cc1)NC(C)(C)C.I. The van der Waals surface area contributed by atoms with E-state index in [1.54, 1.807) is 19.0 Å². The normalized spacial score (nSPS) is 12.1. The van der Waals surface area contributed by atoms with Gasteiger partial charge in [-0.25, -0.2) is 4.79 Å². The Morgan fingerprint density at radius 1 is 1.07 bits per heavy atom. The number of rotatable bonds is 4. The Morgan fingerprint density at radius 3 is 2.04 bits per heavy atom. The maximum atomic E-state index is 12.0. The van der Waals surface area contributed by atoms with Crippen LogP contribution in [0.1, 0.15) is 52.7 Å². The molecule has 0 unspecified atom stereocenters. The lowest BCUT2D eigenvalue weighted by Gasteiger charge is -2.25. The molecular weight excluding hydrogens is 455 g/mol. The van der Waals surface area contributed by atoms with Crippen molar-refractivity contribution in [2.75, 3.05) is 14.1 Å². The van der Waals surface area contributed by atoms with E-state index in [2.05, 4.69) is 48.5 Å². The summed E-state index contributed by atoms with van der Waals surface area (Å²) < 4.78 is 5.37. The van der Waals surface area contributed by atoms with Gasteiger partial charge in [0.2, 0.25) is 0 Å². The zero-order valence-electron chi connectivity index (χ0n) is 17.8. The van der Waals surface area contributed by atoms with E-state index in [1.165, 1.54) is 0 Å². The average molecular weight is 490 g/mol. The lowest BCUT2D eigenvalue weighted by molar-refractivity contribution is 0.0285. The third-order valence-electron chi connectivity index (χ3n) is 3.32. The van der Waals surface area contributed by atoms with Gasteiger partial charge in [-0.05, 0) is 52.7 Å². The molecule has 0 aromatic heterocycles. The maximum Gasteiger partial charge on any atom is 0.410 e. The van der Waals surface area contributed by atoms with E-state index >= 15 is 0 Å².